The number of hydrogen-bond acceptors (Lipinski definition) is 5. The zero-order chi connectivity index (χ0) is 20.8. The van der Waals surface area contributed by atoms with Gasteiger partial charge in [0.1, 0.15) is 0 Å². The van der Waals surface area contributed by atoms with E-state index in [4.69, 9.17) is 14.5 Å². The Bertz CT molecular complexity index is 989. The highest BCUT2D eigenvalue weighted by Gasteiger charge is 2.15. The first-order valence-corrected chi connectivity index (χ1v) is 11.6. The Hall–Kier alpha value is -2.66. The van der Waals surface area contributed by atoms with Crippen LogP contribution in [0.5, 0.6) is 11.5 Å². The maximum atomic E-state index is 5.64. The van der Waals surface area contributed by atoms with E-state index in [-0.39, 0.29) is 0 Å². The van der Waals surface area contributed by atoms with Gasteiger partial charge in [-0.1, -0.05) is 43.5 Å². The largest absolute Gasteiger partial charge is 0.493 e. The summed E-state index contributed by atoms with van der Waals surface area (Å²) in [7, 11) is 1.64. The highest BCUT2D eigenvalue weighted by Crippen LogP contribution is 2.34. The Morgan fingerprint density at radius 2 is 1.87 bits per heavy atom. The lowest BCUT2D eigenvalue weighted by atomic mass is 9.84. The summed E-state index contributed by atoms with van der Waals surface area (Å²) in [5.74, 6) is 2.18. The van der Waals surface area contributed by atoms with E-state index in [1.54, 1.807) is 18.4 Å². The van der Waals surface area contributed by atoms with Crippen LogP contribution < -0.4 is 9.47 Å². The third kappa shape index (κ3) is 4.90. The minimum atomic E-state index is 0.590. The monoisotopic (exact) mass is 420 g/mol. The second-order valence-electron chi connectivity index (χ2n) is 7.57. The topological polar surface area (TPSA) is 43.7 Å². The van der Waals surface area contributed by atoms with Crippen molar-refractivity contribution in [2.75, 3.05) is 13.7 Å². The first kappa shape index (κ1) is 20.6. The van der Waals surface area contributed by atoms with Crippen molar-refractivity contribution in [3.05, 3.63) is 59.0 Å². The predicted molar refractivity (Wildman–Crippen MR) is 125 cm³/mol. The number of aliphatic imine (C=N–C) groups is 1. The van der Waals surface area contributed by atoms with Gasteiger partial charge < -0.3 is 9.47 Å². The molecule has 1 fully saturated rings. The summed E-state index contributed by atoms with van der Waals surface area (Å²) in [6, 6.07) is 14.7. The van der Waals surface area contributed by atoms with Crippen LogP contribution in [0, 0.1) is 0 Å². The van der Waals surface area contributed by atoms with Gasteiger partial charge in [-0.05, 0) is 55.0 Å². The summed E-state index contributed by atoms with van der Waals surface area (Å²) in [6.45, 7) is 2.55. The third-order valence-electron chi connectivity index (χ3n) is 5.59. The molecule has 5 heteroatoms. The summed E-state index contributed by atoms with van der Waals surface area (Å²) >= 11 is 1.55. The second kappa shape index (κ2) is 9.90. The molecular formula is C25H28N2O2S. The fourth-order valence-corrected chi connectivity index (χ4v) is 4.66. The van der Waals surface area contributed by atoms with Gasteiger partial charge in [0.15, 0.2) is 11.5 Å². The van der Waals surface area contributed by atoms with Gasteiger partial charge in [-0.2, -0.15) is 0 Å². The molecule has 30 heavy (non-hydrogen) atoms. The van der Waals surface area contributed by atoms with Gasteiger partial charge in [-0.3, -0.25) is 0 Å². The molecule has 0 bridgehead atoms. The van der Waals surface area contributed by atoms with E-state index in [0.29, 0.717) is 6.61 Å². The first-order valence-electron chi connectivity index (χ1n) is 10.7. The van der Waals surface area contributed by atoms with Crippen molar-refractivity contribution >= 4 is 22.7 Å². The fourth-order valence-electron chi connectivity index (χ4n) is 3.99. The van der Waals surface area contributed by atoms with Crippen molar-refractivity contribution < 1.29 is 9.47 Å². The van der Waals surface area contributed by atoms with Crippen LogP contribution in [0.15, 0.2) is 52.8 Å². The normalized spacial score (nSPS) is 14.9. The molecule has 1 aromatic heterocycles. The molecule has 0 aliphatic heterocycles. The molecule has 0 saturated heterocycles. The lowest BCUT2D eigenvalue weighted by Gasteiger charge is -2.22. The molecule has 4 rings (SSSR count). The van der Waals surface area contributed by atoms with Crippen molar-refractivity contribution in [2.45, 2.75) is 44.9 Å². The Morgan fingerprint density at radius 1 is 1.07 bits per heavy atom. The Kier molecular flexibility index (Phi) is 6.80. The smallest absolute Gasteiger partial charge is 0.209 e. The molecule has 0 amide bonds. The van der Waals surface area contributed by atoms with Crippen LogP contribution in [0.2, 0.25) is 0 Å². The molecular weight excluding hydrogens is 392 g/mol. The van der Waals surface area contributed by atoms with E-state index >= 15 is 0 Å². The van der Waals surface area contributed by atoms with Gasteiger partial charge in [0, 0.05) is 17.2 Å². The zero-order valence-corrected chi connectivity index (χ0v) is 18.5. The summed E-state index contributed by atoms with van der Waals surface area (Å²) in [4.78, 5) is 9.25. The summed E-state index contributed by atoms with van der Waals surface area (Å²) in [6.07, 6.45) is 8.58. The molecule has 1 aliphatic rings. The van der Waals surface area contributed by atoms with Gasteiger partial charge in [-0.25, -0.2) is 9.98 Å². The minimum absolute atomic E-state index is 0.590. The van der Waals surface area contributed by atoms with Gasteiger partial charge in [0.2, 0.25) is 5.13 Å². The van der Waals surface area contributed by atoms with Crippen molar-refractivity contribution in [2.24, 2.45) is 4.99 Å². The standard InChI is InChI=1S/C25H28N2O2S/c1-3-29-24-15-18(9-14-23(24)28-2)16-26-25-27-22(17-30-25)21-12-10-20(11-13-21)19-7-5-4-6-8-19/h9-17,19H,3-8H2,1-2H3. The van der Waals surface area contributed by atoms with Crippen LogP contribution in [0.3, 0.4) is 0 Å². The van der Waals surface area contributed by atoms with E-state index in [1.807, 2.05) is 31.3 Å². The number of ether oxygens (including phenoxy) is 2. The van der Waals surface area contributed by atoms with Crippen molar-refractivity contribution in [3.8, 4) is 22.8 Å². The second-order valence-corrected chi connectivity index (χ2v) is 8.41. The van der Waals surface area contributed by atoms with E-state index in [1.165, 1.54) is 37.7 Å². The van der Waals surface area contributed by atoms with Crippen LogP contribution in [0.25, 0.3) is 11.3 Å². The van der Waals surface area contributed by atoms with Gasteiger partial charge >= 0.3 is 0 Å². The Morgan fingerprint density at radius 3 is 2.60 bits per heavy atom. The summed E-state index contributed by atoms with van der Waals surface area (Å²) in [5, 5.41) is 2.82. The van der Waals surface area contributed by atoms with Gasteiger partial charge in [0.05, 0.1) is 19.4 Å². The molecule has 3 aromatic rings. The molecule has 1 saturated carbocycles. The Labute approximate surface area is 182 Å². The van der Waals surface area contributed by atoms with Crippen LogP contribution in [0.1, 0.15) is 56.1 Å². The van der Waals surface area contributed by atoms with Crippen LogP contribution in [0.4, 0.5) is 5.13 Å². The SMILES string of the molecule is CCOc1cc(C=Nc2nc(-c3ccc(C4CCCCC4)cc3)cs2)ccc1OC. The van der Waals surface area contributed by atoms with Crippen molar-refractivity contribution in [3.63, 3.8) is 0 Å². The molecule has 156 valence electrons. The number of nitrogens with zero attached hydrogens (tertiary/aromatic N) is 2. The lowest BCUT2D eigenvalue weighted by Crippen LogP contribution is -2.04. The molecule has 1 heterocycles. The molecule has 0 atom stereocenters. The fraction of sp³-hybridized carbons (Fsp3) is 0.360. The third-order valence-corrected chi connectivity index (χ3v) is 6.34. The number of thiazole rings is 1. The van der Waals surface area contributed by atoms with E-state index in [2.05, 4.69) is 34.6 Å². The number of benzene rings is 2. The van der Waals surface area contributed by atoms with E-state index in [9.17, 15) is 0 Å². The number of aromatic nitrogens is 1. The van der Waals surface area contributed by atoms with Crippen LogP contribution in [-0.4, -0.2) is 24.9 Å². The number of methoxy groups -OCH3 is 1. The van der Waals surface area contributed by atoms with E-state index in [0.717, 1.165) is 39.4 Å². The van der Waals surface area contributed by atoms with Crippen molar-refractivity contribution in [1.82, 2.24) is 4.98 Å². The summed E-state index contributed by atoms with van der Waals surface area (Å²) < 4.78 is 11.0. The molecule has 0 radical (unpaired) electrons. The number of rotatable bonds is 7. The average Bonchev–Trinajstić information content (AvgIpc) is 3.28. The van der Waals surface area contributed by atoms with Gasteiger partial charge in [-0.15, -0.1) is 11.3 Å². The first-order chi connectivity index (χ1) is 14.8. The van der Waals surface area contributed by atoms with Crippen molar-refractivity contribution in [1.29, 1.82) is 0 Å². The molecule has 1 aliphatic carbocycles. The van der Waals surface area contributed by atoms with Crippen LogP contribution in [-0.2, 0) is 0 Å². The lowest BCUT2D eigenvalue weighted by molar-refractivity contribution is 0.311. The molecule has 4 nitrogen and oxygen atoms in total. The highest BCUT2D eigenvalue weighted by molar-refractivity contribution is 7.13. The van der Waals surface area contributed by atoms with E-state index < -0.39 is 0 Å². The zero-order valence-electron chi connectivity index (χ0n) is 17.6. The molecule has 0 spiro atoms. The average molecular weight is 421 g/mol. The van der Waals surface area contributed by atoms with Crippen LogP contribution >= 0.6 is 11.3 Å². The number of hydrogen-bond donors (Lipinski definition) is 0. The van der Waals surface area contributed by atoms with Gasteiger partial charge in [0.25, 0.3) is 0 Å². The summed E-state index contributed by atoms with van der Waals surface area (Å²) in [5.41, 5.74) is 4.55. The highest BCUT2D eigenvalue weighted by atomic mass is 32.1. The molecule has 0 unspecified atom stereocenters. The maximum absolute atomic E-state index is 5.64. The molecule has 0 N–H and O–H groups in total. The Balaban J connectivity index is 1.45. The quantitative estimate of drug-likeness (QED) is 0.386. The molecule has 2 aromatic carbocycles. The predicted octanol–water partition coefficient (Wildman–Crippen LogP) is 7.02. The maximum Gasteiger partial charge on any atom is 0.209 e. The minimum Gasteiger partial charge on any atom is -0.493 e.